The molecule has 4 atom stereocenters. The number of carbonyl (C=O) groups is 3. The Bertz CT molecular complexity index is 1280. The fraction of sp³-hybridized carbons (Fsp3) is 0.393. The van der Waals surface area contributed by atoms with Gasteiger partial charge in [-0.25, -0.2) is 24.5 Å². The molecule has 2 aromatic carbocycles. The molecule has 226 valence electrons. The summed E-state index contributed by atoms with van der Waals surface area (Å²) in [5, 5.41) is 8.74. The Morgan fingerprint density at radius 3 is 2.79 bits per heavy atom. The Labute approximate surface area is 247 Å². The second-order valence-electron chi connectivity index (χ2n) is 9.75. The first-order valence-corrected chi connectivity index (χ1v) is 13.9. The van der Waals surface area contributed by atoms with Crippen molar-refractivity contribution >= 4 is 29.8 Å². The Hall–Kier alpha value is -3.46. The van der Waals surface area contributed by atoms with Gasteiger partial charge >= 0.3 is 6.03 Å². The van der Waals surface area contributed by atoms with E-state index >= 15 is 0 Å². The van der Waals surface area contributed by atoms with Crippen LogP contribution in [0.2, 0.25) is 5.02 Å². The number of piperazine rings is 1. The summed E-state index contributed by atoms with van der Waals surface area (Å²) in [6, 6.07) is 8.29. The van der Waals surface area contributed by atoms with Crippen molar-refractivity contribution in [3.8, 4) is 0 Å². The smallest absolute Gasteiger partial charge is 0.314 e. The van der Waals surface area contributed by atoms with Gasteiger partial charge in [-0.3, -0.25) is 19.5 Å². The summed E-state index contributed by atoms with van der Waals surface area (Å²) in [7, 11) is 0. The summed E-state index contributed by atoms with van der Waals surface area (Å²) in [6.45, 7) is 3.10. The molecule has 0 bridgehead atoms. The van der Waals surface area contributed by atoms with Crippen LogP contribution < -0.4 is 21.5 Å². The van der Waals surface area contributed by atoms with Gasteiger partial charge in [0.25, 0.3) is 0 Å². The minimum Gasteiger partial charge on any atom is -0.314 e. The molecule has 4 rings (SSSR count). The molecule has 42 heavy (non-hydrogen) atoms. The lowest BCUT2D eigenvalue weighted by Crippen LogP contribution is -2.64. The van der Waals surface area contributed by atoms with Crippen molar-refractivity contribution in [2.45, 2.75) is 50.6 Å². The number of nitrogens with zero attached hydrogens (tertiary/aromatic N) is 2. The predicted octanol–water partition coefficient (Wildman–Crippen LogP) is 2.89. The van der Waals surface area contributed by atoms with Gasteiger partial charge in [-0.15, -0.1) is 0 Å². The Kier molecular flexibility index (Phi) is 11.3. The van der Waals surface area contributed by atoms with Crippen molar-refractivity contribution in [3.63, 3.8) is 0 Å². The number of urea groups is 1. The zero-order valence-electron chi connectivity index (χ0n) is 22.9. The molecule has 14 heteroatoms. The zero-order valence-corrected chi connectivity index (χ0v) is 23.7. The van der Waals surface area contributed by atoms with Gasteiger partial charge in [0.1, 0.15) is 30.1 Å². The normalized spacial score (nSPS) is 19.8. The van der Waals surface area contributed by atoms with E-state index < -0.39 is 41.8 Å². The number of hydrogen-bond acceptors (Lipinski definition) is 8. The first-order chi connectivity index (χ1) is 20.3. The van der Waals surface area contributed by atoms with Gasteiger partial charge in [0.2, 0.25) is 5.91 Å². The summed E-state index contributed by atoms with van der Waals surface area (Å²) < 4.78 is 27.7. The van der Waals surface area contributed by atoms with E-state index in [1.165, 1.54) is 42.4 Å². The molecule has 2 aliphatic heterocycles. The first kappa shape index (κ1) is 31.5. The molecular formula is C28H33ClF2N6O5. The molecule has 0 spiro atoms. The number of aldehydes is 1. The maximum atomic E-state index is 14.0. The van der Waals surface area contributed by atoms with Crippen molar-refractivity contribution < 1.29 is 32.8 Å². The van der Waals surface area contributed by atoms with Gasteiger partial charge in [0.05, 0.1) is 17.1 Å². The number of hydrogen-bond donors (Lipinski definition) is 4. The molecule has 3 unspecified atom stereocenters. The highest BCUT2D eigenvalue weighted by Crippen LogP contribution is 2.27. The lowest BCUT2D eigenvalue weighted by Gasteiger charge is -2.41. The van der Waals surface area contributed by atoms with Crippen molar-refractivity contribution in [2.24, 2.45) is 0 Å². The SMILES string of the molecule is CC(=O)N(NCc1cccc(F)c1Cl)[C@@H](CCC=O)C(ONC(=O)N1C=CC(c2cccc(F)c2)O1)C1CNCCN1. The van der Waals surface area contributed by atoms with Crippen LogP contribution in [0.4, 0.5) is 13.6 Å². The lowest BCUT2D eigenvalue weighted by molar-refractivity contribution is -0.149. The van der Waals surface area contributed by atoms with E-state index in [1.54, 1.807) is 24.3 Å². The molecule has 2 aromatic rings. The number of nitrogens with one attached hydrogen (secondary N) is 4. The van der Waals surface area contributed by atoms with Gasteiger partial charge < -0.3 is 15.4 Å². The molecule has 0 aromatic heterocycles. The third kappa shape index (κ3) is 8.09. The van der Waals surface area contributed by atoms with E-state index in [2.05, 4.69) is 21.5 Å². The lowest BCUT2D eigenvalue weighted by atomic mass is 9.97. The highest BCUT2D eigenvalue weighted by molar-refractivity contribution is 6.31. The van der Waals surface area contributed by atoms with Gasteiger partial charge in [-0.05, 0) is 41.8 Å². The summed E-state index contributed by atoms with van der Waals surface area (Å²) in [4.78, 5) is 48.8. The zero-order chi connectivity index (χ0) is 30.1. The number of rotatable bonds is 12. The summed E-state index contributed by atoms with van der Waals surface area (Å²) >= 11 is 6.11. The standard InChI is InChI=1S/C28H33ClF2N6O5/c1-18(39)37(34-16-20-6-3-8-22(31)26(20)29)24(9-4-14-38)27(23-17-32-11-12-33-23)41-35-28(40)36-13-10-25(42-36)19-5-2-7-21(30)15-19/h2-3,5-8,10,13-15,23-25,27,32-34H,4,9,11-12,16-17H2,1H3,(H,35,40)/t23?,24-,25?,27?/m0/s1. The number of carbonyl (C=O) groups excluding carboxylic acids is 3. The molecule has 0 aliphatic carbocycles. The Balaban J connectivity index is 1.50. The first-order valence-electron chi connectivity index (χ1n) is 13.5. The van der Waals surface area contributed by atoms with E-state index in [0.717, 1.165) is 11.3 Å². The largest absolute Gasteiger partial charge is 0.369 e. The van der Waals surface area contributed by atoms with E-state index in [1.807, 2.05) is 0 Å². The summed E-state index contributed by atoms with van der Waals surface area (Å²) in [5.74, 6) is -1.43. The molecular weight excluding hydrogens is 574 g/mol. The molecule has 4 N–H and O–H groups in total. The van der Waals surface area contributed by atoms with E-state index in [9.17, 15) is 23.2 Å². The molecule has 2 aliphatic rings. The highest BCUT2D eigenvalue weighted by Gasteiger charge is 2.38. The molecule has 1 fully saturated rings. The monoisotopic (exact) mass is 606 g/mol. The van der Waals surface area contributed by atoms with Crippen LogP contribution in [-0.2, 0) is 25.8 Å². The van der Waals surface area contributed by atoms with Crippen LogP contribution in [0.15, 0.2) is 54.7 Å². The third-order valence-electron chi connectivity index (χ3n) is 6.85. The molecule has 11 nitrogen and oxygen atoms in total. The topological polar surface area (TPSA) is 124 Å². The quantitative estimate of drug-likeness (QED) is 0.215. The van der Waals surface area contributed by atoms with Crippen LogP contribution >= 0.6 is 11.6 Å². The highest BCUT2D eigenvalue weighted by atomic mass is 35.5. The average Bonchev–Trinajstić information content (AvgIpc) is 3.49. The van der Waals surface area contributed by atoms with Crippen molar-refractivity contribution in [1.29, 1.82) is 0 Å². The van der Waals surface area contributed by atoms with Crippen molar-refractivity contribution in [2.75, 3.05) is 19.6 Å². The molecule has 3 amide bonds. The van der Waals surface area contributed by atoms with E-state index in [-0.39, 0.29) is 30.5 Å². The van der Waals surface area contributed by atoms with Crippen LogP contribution in [0.1, 0.15) is 37.0 Å². The number of halogens is 3. The van der Waals surface area contributed by atoms with Crippen LogP contribution in [0, 0.1) is 11.6 Å². The van der Waals surface area contributed by atoms with Crippen molar-refractivity contribution in [1.82, 2.24) is 31.6 Å². The third-order valence-corrected chi connectivity index (χ3v) is 7.28. The summed E-state index contributed by atoms with van der Waals surface area (Å²) in [6.07, 6.45) is 2.45. The maximum absolute atomic E-state index is 14.0. The molecule has 0 saturated carbocycles. The maximum Gasteiger partial charge on any atom is 0.369 e. The second kappa shape index (κ2) is 15.1. The summed E-state index contributed by atoms with van der Waals surface area (Å²) in [5.41, 5.74) is 6.34. The molecule has 2 heterocycles. The van der Waals surface area contributed by atoms with E-state index in [0.29, 0.717) is 30.8 Å². The number of amides is 3. The number of hydrazine groups is 1. The van der Waals surface area contributed by atoms with Gasteiger partial charge in [0.15, 0.2) is 0 Å². The molecule has 1 saturated heterocycles. The predicted molar refractivity (Wildman–Crippen MR) is 149 cm³/mol. The Morgan fingerprint density at radius 2 is 2.07 bits per heavy atom. The minimum absolute atomic E-state index is 0.0110. The fourth-order valence-electron chi connectivity index (χ4n) is 4.82. The minimum atomic E-state index is -0.855. The molecule has 0 radical (unpaired) electrons. The number of benzene rings is 2. The van der Waals surface area contributed by atoms with Gasteiger partial charge in [0, 0.05) is 45.7 Å². The van der Waals surface area contributed by atoms with Crippen LogP contribution in [0.3, 0.4) is 0 Å². The van der Waals surface area contributed by atoms with Crippen molar-refractivity contribution in [3.05, 3.63) is 82.5 Å². The number of hydroxylamine groups is 3. The van der Waals surface area contributed by atoms with E-state index in [4.69, 9.17) is 21.3 Å². The van der Waals surface area contributed by atoms with Gasteiger partial charge in [-0.1, -0.05) is 35.9 Å². The Morgan fingerprint density at radius 1 is 1.26 bits per heavy atom. The van der Waals surface area contributed by atoms with Crippen LogP contribution in [-0.4, -0.2) is 66.1 Å². The fourth-order valence-corrected chi connectivity index (χ4v) is 5.01. The van der Waals surface area contributed by atoms with Gasteiger partial charge in [-0.2, -0.15) is 5.06 Å². The average molecular weight is 607 g/mol. The van der Waals surface area contributed by atoms with Crippen LogP contribution in [0.5, 0.6) is 0 Å². The van der Waals surface area contributed by atoms with Crippen LogP contribution in [0.25, 0.3) is 0 Å². The second-order valence-corrected chi connectivity index (χ2v) is 10.1.